The van der Waals surface area contributed by atoms with Crippen LogP contribution in [0.1, 0.15) is 386 Å². The van der Waals surface area contributed by atoms with E-state index in [0.29, 0.717) is 17.4 Å². The van der Waals surface area contributed by atoms with Crippen LogP contribution in [0.2, 0.25) is 0 Å². The van der Waals surface area contributed by atoms with Crippen LogP contribution in [0.3, 0.4) is 0 Å². The van der Waals surface area contributed by atoms with E-state index in [1.165, 1.54) is 308 Å². The average Bonchev–Trinajstić information content (AvgIpc) is 3.60. The van der Waals surface area contributed by atoms with Crippen molar-refractivity contribution in [3.05, 3.63) is 24.3 Å². The lowest BCUT2D eigenvalue weighted by Crippen LogP contribution is -2.37. The first-order valence-electron chi connectivity index (χ1n) is 37.0. The third kappa shape index (κ3) is 69.6. The number of phosphoric ester groups is 1. The van der Waals surface area contributed by atoms with Gasteiger partial charge in [-0.05, 0) is 44.9 Å². The zero-order valence-electron chi connectivity index (χ0n) is 56.9. The number of allylic oxidation sites excluding steroid dienone is 4. The fraction of sp³-hybridized carbons (Fsp3) is 0.919. The Morgan fingerprint density at radius 1 is 0.369 bits per heavy atom. The minimum absolute atomic E-state index is 0.0277. The molecule has 0 heterocycles. The van der Waals surface area contributed by atoms with Gasteiger partial charge in [-0.3, -0.25) is 14.2 Å². The Bertz CT molecular complexity index is 1460. The topological polar surface area (TPSA) is 111 Å². The summed E-state index contributed by atoms with van der Waals surface area (Å²) in [5, 5.41) is 0. The van der Waals surface area contributed by atoms with E-state index in [-0.39, 0.29) is 32.0 Å². The molecule has 0 saturated carbocycles. The Morgan fingerprint density at radius 2 is 0.643 bits per heavy atom. The smallest absolute Gasteiger partial charge is 0.306 e. The first-order valence-corrected chi connectivity index (χ1v) is 38.5. The molecule has 0 aliphatic rings. The molecular formula is C74H144NO8P. The molecule has 84 heavy (non-hydrogen) atoms. The van der Waals surface area contributed by atoms with Crippen molar-refractivity contribution in [3.8, 4) is 0 Å². The number of ether oxygens (including phenoxy) is 2. The lowest BCUT2D eigenvalue weighted by Gasteiger charge is -2.28. The summed E-state index contributed by atoms with van der Waals surface area (Å²) in [6, 6.07) is 0. The maximum absolute atomic E-state index is 12.9. The second kappa shape index (κ2) is 65.9. The van der Waals surface area contributed by atoms with Crippen LogP contribution < -0.4 is 4.89 Å². The minimum atomic E-state index is -4.64. The van der Waals surface area contributed by atoms with Gasteiger partial charge in [-0.15, -0.1) is 0 Å². The molecule has 0 aromatic carbocycles. The molecule has 2 atom stereocenters. The van der Waals surface area contributed by atoms with E-state index in [0.717, 1.165) is 44.9 Å². The van der Waals surface area contributed by atoms with Crippen LogP contribution in [0.5, 0.6) is 0 Å². The van der Waals surface area contributed by atoms with Crippen molar-refractivity contribution in [1.82, 2.24) is 0 Å². The number of phosphoric acid groups is 1. The van der Waals surface area contributed by atoms with Crippen molar-refractivity contribution < 1.29 is 42.1 Å². The maximum Gasteiger partial charge on any atom is 0.306 e. The number of hydrogen-bond acceptors (Lipinski definition) is 8. The third-order valence-corrected chi connectivity index (χ3v) is 17.9. The number of hydrogen-bond donors (Lipinski definition) is 0. The van der Waals surface area contributed by atoms with E-state index in [2.05, 4.69) is 38.2 Å². The SMILES string of the molecule is CCCCCCC/C=C\C/C=C\CCCCCCCCCCCCCCCC(=O)OC(COC(=O)CCCCCCCCCCCCCCCCCCCCCCCCCCCCCCCCCCCCC)COP(=O)([O-])OCC[N+](C)(C)C. The van der Waals surface area contributed by atoms with Gasteiger partial charge in [0.25, 0.3) is 7.82 Å². The van der Waals surface area contributed by atoms with E-state index in [9.17, 15) is 19.0 Å². The predicted molar refractivity (Wildman–Crippen MR) is 361 cm³/mol. The summed E-state index contributed by atoms with van der Waals surface area (Å²) >= 11 is 0. The van der Waals surface area contributed by atoms with Crippen LogP contribution >= 0.6 is 7.82 Å². The van der Waals surface area contributed by atoms with Gasteiger partial charge in [0.15, 0.2) is 6.10 Å². The Morgan fingerprint density at radius 3 is 0.940 bits per heavy atom. The zero-order chi connectivity index (χ0) is 61.2. The Kier molecular flexibility index (Phi) is 64.7. The Labute approximate surface area is 523 Å². The second-order valence-corrected chi connectivity index (χ2v) is 28.1. The number of carbonyl (C=O) groups is 2. The number of likely N-dealkylation sites (N-methyl/N-ethyl adjacent to an activating group) is 1. The molecule has 0 aromatic heterocycles. The lowest BCUT2D eigenvalue weighted by molar-refractivity contribution is -0.870. The first kappa shape index (κ1) is 82.5. The van der Waals surface area contributed by atoms with E-state index in [4.69, 9.17) is 18.5 Å². The first-order chi connectivity index (χ1) is 41.0. The van der Waals surface area contributed by atoms with Crippen molar-refractivity contribution in [2.75, 3.05) is 47.5 Å². The maximum atomic E-state index is 12.9. The predicted octanol–water partition coefficient (Wildman–Crippen LogP) is 23.4. The van der Waals surface area contributed by atoms with Gasteiger partial charge in [-0.2, -0.15) is 0 Å². The molecule has 0 aliphatic carbocycles. The molecule has 0 amide bonds. The number of unbranched alkanes of at least 4 members (excludes halogenated alkanes) is 52. The molecule has 0 aliphatic heterocycles. The number of carbonyl (C=O) groups excluding carboxylic acids is 2. The fourth-order valence-corrected chi connectivity index (χ4v) is 12.0. The third-order valence-electron chi connectivity index (χ3n) is 17.0. The van der Waals surface area contributed by atoms with Crippen molar-refractivity contribution in [2.45, 2.75) is 392 Å². The van der Waals surface area contributed by atoms with E-state index in [1.54, 1.807) is 0 Å². The highest BCUT2D eigenvalue weighted by Gasteiger charge is 2.22. The largest absolute Gasteiger partial charge is 0.756 e. The summed E-state index contributed by atoms with van der Waals surface area (Å²) in [6.07, 6.45) is 82.9. The summed E-state index contributed by atoms with van der Waals surface area (Å²) in [5.74, 6) is -0.811. The van der Waals surface area contributed by atoms with Gasteiger partial charge in [0, 0.05) is 12.8 Å². The van der Waals surface area contributed by atoms with E-state index >= 15 is 0 Å². The van der Waals surface area contributed by atoms with Gasteiger partial charge in [0.05, 0.1) is 27.7 Å². The van der Waals surface area contributed by atoms with E-state index < -0.39 is 26.5 Å². The van der Waals surface area contributed by atoms with Crippen LogP contribution in [-0.2, 0) is 32.7 Å². The van der Waals surface area contributed by atoms with E-state index in [1.807, 2.05) is 21.1 Å². The molecule has 0 saturated heterocycles. The summed E-state index contributed by atoms with van der Waals surface area (Å²) in [7, 11) is 1.19. The fourth-order valence-electron chi connectivity index (χ4n) is 11.3. The molecule has 0 rings (SSSR count). The van der Waals surface area contributed by atoms with Gasteiger partial charge in [0.1, 0.15) is 19.8 Å². The zero-order valence-corrected chi connectivity index (χ0v) is 57.8. The highest BCUT2D eigenvalue weighted by atomic mass is 31.2. The molecular weight excluding hydrogens is 1060 g/mol. The molecule has 498 valence electrons. The van der Waals surface area contributed by atoms with Crippen LogP contribution in [0.4, 0.5) is 0 Å². The molecule has 10 heteroatoms. The van der Waals surface area contributed by atoms with Crippen LogP contribution in [-0.4, -0.2) is 70.0 Å². The monoisotopic (exact) mass is 1210 g/mol. The number of rotatable bonds is 70. The molecule has 9 nitrogen and oxygen atoms in total. The number of esters is 2. The van der Waals surface area contributed by atoms with Gasteiger partial charge in [-0.1, -0.05) is 353 Å². The van der Waals surface area contributed by atoms with Gasteiger partial charge < -0.3 is 27.9 Å². The summed E-state index contributed by atoms with van der Waals surface area (Å²) in [5.41, 5.74) is 0. The number of quaternary nitrogens is 1. The van der Waals surface area contributed by atoms with Gasteiger partial charge in [0.2, 0.25) is 0 Å². The molecule has 0 bridgehead atoms. The molecule has 0 fully saturated rings. The summed E-state index contributed by atoms with van der Waals surface area (Å²) in [4.78, 5) is 38.1. The van der Waals surface area contributed by atoms with Crippen LogP contribution in [0.15, 0.2) is 24.3 Å². The molecule has 0 spiro atoms. The lowest BCUT2D eigenvalue weighted by atomic mass is 10.0. The van der Waals surface area contributed by atoms with Crippen molar-refractivity contribution in [1.29, 1.82) is 0 Å². The molecule has 0 aromatic rings. The normalized spacial score (nSPS) is 13.2. The molecule has 0 radical (unpaired) electrons. The van der Waals surface area contributed by atoms with Crippen molar-refractivity contribution in [2.24, 2.45) is 0 Å². The summed E-state index contributed by atoms with van der Waals surface area (Å²) in [6.45, 7) is 4.31. The highest BCUT2D eigenvalue weighted by Crippen LogP contribution is 2.38. The van der Waals surface area contributed by atoms with Crippen LogP contribution in [0, 0.1) is 0 Å². The van der Waals surface area contributed by atoms with Gasteiger partial charge >= 0.3 is 11.9 Å². The average molecular weight is 1210 g/mol. The quantitative estimate of drug-likeness (QED) is 0.0195. The highest BCUT2D eigenvalue weighted by molar-refractivity contribution is 7.45. The Balaban J connectivity index is 3.93. The standard InChI is InChI=1S/C74H144NO8P/c1-6-8-10-12-14-16-18-20-22-24-26-28-30-32-33-34-35-36-37-38-39-40-41-43-44-46-48-50-52-54-56-58-60-62-64-66-73(76)80-70-72(71-82-84(78,79)81-69-68-75(3,4)5)83-74(77)67-65-63-61-59-57-55-53-51-49-47-45-42-31-29-27-25-23-21-19-17-15-13-11-9-7-2/h19,21,25,27,72H,6-18,20,22-24,26,28-71H2,1-5H3/b21-19-,27-25-. The van der Waals surface area contributed by atoms with Gasteiger partial charge in [-0.25, -0.2) is 0 Å². The Hall–Kier alpha value is -1.51. The molecule has 0 N–H and O–H groups in total. The van der Waals surface area contributed by atoms with Crippen LogP contribution in [0.25, 0.3) is 0 Å². The van der Waals surface area contributed by atoms with Crippen molar-refractivity contribution in [3.63, 3.8) is 0 Å². The van der Waals surface area contributed by atoms with Crippen molar-refractivity contribution >= 4 is 19.8 Å². The summed E-state index contributed by atoms with van der Waals surface area (Å²) < 4.78 is 34.4. The minimum Gasteiger partial charge on any atom is -0.756 e. The second-order valence-electron chi connectivity index (χ2n) is 26.7. The number of nitrogens with zero attached hydrogens (tertiary/aromatic N) is 1. The molecule has 2 unspecified atom stereocenters.